The van der Waals surface area contributed by atoms with Crippen LogP contribution in [-0.4, -0.2) is 59.1 Å². The van der Waals surface area contributed by atoms with Crippen LogP contribution in [0, 0.1) is 5.92 Å². The minimum atomic E-state index is -0.678. The summed E-state index contributed by atoms with van der Waals surface area (Å²) < 4.78 is 0. The van der Waals surface area contributed by atoms with Crippen LogP contribution in [0.3, 0.4) is 0 Å². The lowest BCUT2D eigenvalue weighted by atomic mass is 9.98. The highest BCUT2D eigenvalue weighted by Crippen LogP contribution is 2.25. The first kappa shape index (κ1) is 14.5. The van der Waals surface area contributed by atoms with Gasteiger partial charge in [-0.1, -0.05) is 6.92 Å². The zero-order valence-electron chi connectivity index (χ0n) is 11.7. The van der Waals surface area contributed by atoms with E-state index >= 15 is 0 Å². The number of likely N-dealkylation sites (N-methyl/N-ethyl adjacent to an activating group) is 1. The fraction of sp³-hybridized carbons (Fsp3) is 0.923. The number of aliphatic carboxylic acids is 1. The fourth-order valence-electron chi connectivity index (χ4n) is 2.89. The second-order valence-corrected chi connectivity index (χ2v) is 5.95. The Balaban J connectivity index is 2.93. The van der Waals surface area contributed by atoms with Crippen LogP contribution < -0.4 is 0 Å². The molecule has 0 aromatic heterocycles. The highest BCUT2D eigenvalue weighted by molar-refractivity contribution is 5.70. The predicted molar refractivity (Wildman–Crippen MR) is 69.2 cm³/mol. The summed E-state index contributed by atoms with van der Waals surface area (Å²) in [7, 11) is 2.01. The third-order valence-electron chi connectivity index (χ3n) is 3.86. The number of carboxylic acids is 1. The van der Waals surface area contributed by atoms with Gasteiger partial charge in [-0.05, 0) is 34.2 Å². The van der Waals surface area contributed by atoms with Gasteiger partial charge in [0.05, 0.1) is 5.92 Å². The molecule has 0 aromatic rings. The number of nitrogens with zero attached hydrogens (tertiary/aromatic N) is 2. The number of carbonyl (C=O) groups is 1. The maximum Gasteiger partial charge on any atom is 0.309 e. The lowest BCUT2D eigenvalue weighted by Crippen LogP contribution is -2.53. The Morgan fingerprint density at radius 3 is 2.53 bits per heavy atom. The molecule has 1 N–H and O–H groups in total. The van der Waals surface area contributed by atoms with Crippen LogP contribution in [0.25, 0.3) is 0 Å². The Morgan fingerprint density at radius 2 is 2.06 bits per heavy atom. The summed E-state index contributed by atoms with van der Waals surface area (Å²) in [6, 6.07) is 0.429. The molecule has 17 heavy (non-hydrogen) atoms. The molecule has 1 aliphatic rings. The van der Waals surface area contributed by atoms with Crippen molar-refractivity contribution in [2.75, 3.05) is 26.7 Å². The molecule has 0 bridgehead atoms. The quantitative estimate of drug-likeness (QED) is 0.815. The summed E-state index contributed by atoms with van der Waals surface area (Å²) >= 11 is 0. The van der Waals surface area contributed by atoms with Gasteiger partial charge in [0, 0.05) is 31.2 Å². The zero-order chi connectivity index (χ0) is 13.2. The van der Waals surface area contributed by atoms with Crippen LogP contribution in [-0.2, 0) is 4.79 Å². The van der Waals surface area contributed by atoms with E-state index in [0.29, 0.717) is 19.1 Å². The third-order valence-corrected chi connectivity index (χ3v) is 3.86. The second kappa shape index (κ2) is 5.36. The molecular formula is C13H26N2O2. The molecule has 0 radical (unpaired) electrons. The fourth-order valence-corrected chi connectivity index (χ4v) is 2.89. The van der Waals surface area contributed by atoms with Crippen molar-refractivity contribution in [2.45, 2.75) is 45.7 Å². The molecule has 2 atom stereocenters. The molecule has 0 aliphatic carbocycles. The second-order valence-electron chi connectivity index (χ2n) is 5.95. The first-order valence-corrected chi connectivity index (χ1v) is 6.46. The van der Waals surface area contributed by atoms with E-state index in [1.54, 1.807) is 0 Å². The number of carboxylic acid groups (broad SMARTS) is 1. The van der Waals surface area contributed by atoms with Crippen LogP contribution in [0.1, 0.15) is 34.1 Å². The molecule has 1 aliphatic heterocycles. The Kier molecular flexibility index (Phi) is 4.55. The van der Waals surface area contributed by atoms with E-state index in [9.17, 15) is 9.90 Å². The van der Waals surface area contributed by atoms with Gasteiger partial charge in [0.2, 0.25) is 0 Å². The normalized spacial score (nSPS) is 28.6. The van der Waals surface area contributed by atoms with Crippen LogP contribution in [0.15, 0.2) is 0 Å². The van der Waals surface area contributed by atoms with Gasteiger partial charge in [-0.25, -0.2) is 0 Å². The van der Waals surface area contributed by atoms with Gasteiger partial charge in [-0.2, -0.15) is 0 Å². The molecule has 4 heteroatoms. The van der Waals surface area contributed by atoms with Gasteiger partial charge in [-0.15, -0.1) is 0 Å². The van der Waals surface area contributed by atoms with Crippen molar-refractivity contribution in [1.82, 2.24) is 9.80 Å². The molecule has 1 fully saturated rings. The van der Waals surface area contributed by atoms with Gasteiger partial charge in [0.25, 0.3) is 0 Å². The number of hydrogen-bond acceptors (Lipinski definition) is 3. The topological polar surface area (TPSA) is 43.8 Å². The largest absolute Gasteiger partial charge is 0.481 e. The first-order chi connectivity index (χ1) is 7.77. The van der Waals surface area contributed by atoms with Crippen molar-refractivity contribution in [3.8, 4) is 0 Å². The molecule has 1 saturated heterocycles. The molecule has 2 unspecified atom stereocenters. The average molecular weight is 242 g/mol. The van der Waals surface area contributed by atoms with E-state index in [4.69, 9.17) is 0 Å². The SMILES string of the molecule is CCC(C)N1CC(C(=O)O)CN(C)CC1(C)C. The molecular weight excluding hydrogens is 216 g/mol. The monoisotopic (exact) mass is 242 g/mol. The van der Waals surface area contributed by atoms with Crippen LogP contribution in [0.5, 0.6) is 0 Å². The zero-order valence-corrected chi connectivity index (χ0v) is 11.7. The molecule has 4 nitrogen and oxygen atoms in total. The van der Waals surface area contributed by atoms with Crippen LogP contribution >= 0.6 is 0 Å². The molecule has 0 spiro atoms. The van der Waals surface area contributed by atoms with Crippen molar-refractivity contribution >= 4 is 5.97 Å². The minimum absolute atomic E-state index is 0.0361. The predicted octanol–water partition coefficient (Wildman–Crippen LogP) is 1.51. The summed E-state index contributed by atoms with van der Waals surface area (Å²) in [4.78, 5) is 15.8. The van der Waals surface area contributed by atoms with E-state index < -0.39 is 5.97 Å². The summed E-state index contributed by atoms with van der Waals surface area (Å²) in [5, 5.41) is 9.27. The Morgan fingerprint density at radius 1 is 1.47 bits per heavy atom. The Hall–Kier alpha value is -0.610. The van der Waals surface area contributed by atoms with Crippen molar-refractivity contribution in [2.24, 2.45) is 5.92 Å². The van der Waals surface area contributed by atoms with E-state index in [1.165, 1.54) is 0 Å². The number of hydrogen-bond donors (Lipinski definition) is 1. The Labute approximate surface area is 105 Å². The summed E-state index contributed by atoms with van der Waals surface area (Å²) in [5.41, 5.74) is 0.0361. The average Bonchev–Trinajstić information content (AvgIpc) is 2.32. The first-order valence-electron chi connectivity index (χ1n) is 6.46. The highest BCUT2D eigenvalue weighted by atomic mass is 16.4. The van der Waals surface area contributed by atoms with Gasteiger partial charge in [0.1, 0.15) is 0 Å². The van der Waals surface area contributed by atoms with E-state index in [-0.39, 0.29) is 11.5 Å². The van der Waals surface area contributed by atoms with Crippen molar-refractivity contribution in [3.63, 3.8) is 0 Å². The molecule has 1 heterocycles. The summed E-state index contributed by atoms with van der Waals surface area (Å²) in [5.74, 6) is -0.960. The van der Waals surface area contributed by atoms with E-state index in [0.717, 1.165) is 13.0 Å². The smallest absolute Gasteiger partial charge is 0.309 e. The maximum absolute atomic E-state index is 11.3. The Bertz CT molecular complexity index is 279. The molecule has 1 rings (SSSR count). The maximum atomic E-state index is 11.3. The van der Waals surface area contributed by atoms with E-state index in [1.807, 2.05) is 7.05 Å². The highest BCUT2D eigenvalue weighted by Gasteiger charge is 2.38. The summed E-state index contributed by atoms with van der Waals surface area (Å²) in [6.45, 7) is 11.0. The van der Waals surface area contributed by atoms with Crippen LogP contribution in [0.4, 0.5) is 0 Å². The standard InChI is InChI=1S/C13H26N2O2/c1-6-10(2)15-8-11(12(16)17)7-14(5)9-13(15,3)4/h10-11H,6-9H2,1-5H3,(H,16,17). The summed E-state index contributed by atoms with van der Waals surface area (Å²) in [6.07, 6.45) is 1.06. The molecule has 0 saturated carbocycles. The minimum Gasteiger partial charge on any atom is -0.481 e. The molecule has 0 aromatic carbocycles. The van der Waals surface area contributed by atoms with Crippen molar-refractivity contribution < 1.29 is 9.90 Å². The lowest BCUT2D eigenvalue weighted by molar-refractivity contribution is -0.142. The van der Waals surface area contributed by atoms with Crippen LogP contribution in [0.2, 0.25) is 0 Å². The van der Waals surface area contributed by atoms with Crippen molar-refractivity contribution in [1.29, 1.82) is 0 Å². The lowest BCUT2D eigenvalue weighted by Gasteiger charge is -2.42. The molecule has 0 amide bonds. The van der Waals surface area contributed by atoms with Gasteiger partial charge in [-0.3, -0.25) is 9.69 Å². The van der Waals surface area contributed by atoms with Gasteiger partial charge < -0.3 is 10.0 Å². The van der Waals surface area contributed by atoms with E-state index in [2.05, 4.69) is 37.5 Å². The molecule has 100 valence electrons. The van der Waals surface area contributed by atoms with Gasteiger partial charge in [0.15, 0.2) is 0 Å². The number of rotatable bonds is 3. The van der Waals surface area contributed by atoms with Gasteiger partial charge >= 0.3 is 5.97 Å². The van der Waals surface area contributed by atoms with Crippen molar-refractivity contribution in [3.05, 3.63) is 0 Å². The third kappa shape index (κ3) is 3.42.